The minimum absolute atomic E-state index is 0.127. The third kappa shape index (κ3) is 2.46. The maximum Gasteiger partial charge on any atom is 0.0761 e. The quantitative estimate of drug-likeness (QED) is 0.568. The van der Waals surface area contributed by atoms with E-state index >= 15 is 0 Å². The molecule has 0 saturated carbocycles. The van der Waals surface area contributed by atoms with Crippen LogP contribution in [-0.4, -0.2) is 0 Å². The number of hydrogen-bond donors (Lipinski definition) is 1. The number of thiophene rings is 1. The molecule has 0 aliphatic heterocycles. The van der Waals surface area contributed by atoms with E-state index < -0.39 is 0 Å². The number of halogens is 2. The first-order valence-electron chi connectivity index (χ1n) is 6.26. The first-order valence-corrected chi connectivity index (χ1v) is 8.66. The Hall–Kier alpha value is -0.680. The molecule has 102 valence electrons. The summed E-state index contributed by atoms with van der Waals surface area (Å²) in [6, 6.07) is 14.7. The highest BCUT2D eigenvalue weighted by Gasteiger charge is 2.19. The maximum absolute atomic E-state index is 6.55. The Morgan fingerprint density at radius 2 is 1.85 bits per heavy atom. The molecule has 1 atom stereocenters. The van der Waals surface area contributed by atoms with Crippen LogP contribution >= 0.6 is 43.2 Å². The van der Waals surface area contributed by atoms with Gasteiger partial charge in [0.05, 0.1) is 13.6 Å². The summed E-state index contributed by atoms with van der Waals surface area (Å²) >= 11 is 8.79. The molecule has 20 heavy (non-hydrogen) atoms. The average Bonchev–Trinajstić information content (AvgIpc) is 2.77. The van der Waals surface area contributed by atoms with Gasteiger partial charge >= 0.3 is 0 Å². The summed E-state index contributed by atoms with van der Waals surface area (Å²) in [5.41, 5.74) is 10.1. The van der Waals surface area contributed by atoms with E-state index in [9.17, 15) is 0 Å². The lowest BCUT2D eigenvalue weighted by atomic mass is 9.92. The summed E-state index contributed by atoms with van der Waals surface area (Å²) < 4.78 is 2.18. The number of benzene rings is 2. The number of fused-ring (bicyclic) bond motifs is 1. The molecule has 0 spiro atoms. The van der Waals surface area contributed by atoms with Gasteiger partial charge in [-0.1, -0.05) is 36.4 Å². The fourth-order valence-electron chi connectivity index (χ4n) is 2.54. The second kappa shape index (κ2) is 5.60. The molecule has 0 radical (unpaired) electrons. The second-order valence-electron chi connectivity index (χ2n) is 4.77. The Morgan fingerprint density at radius 1 is 1.10 bits per heavy atom. The number of nitrogens with two attached hydrogens (primary N) is 1. The zero-order valence-electron chi connectivity index (χ0n) is 10.9. The van der Waals surface area contributed by atoms with Crippen molar-refractivity contribution in [3.63, 3.8) is 0 Å². The third-order valence-electron chi connectivity index (χ3n) is 3.52. The van der Waals surface area contributed by atoms with Crippen LogP contribution < -0.4 is 5.73 Å². The number of aryl methyl sites for hydroxylation is 1. The van der Waals surface area contributed by atoms with Crippen LogP contribution in [0, 0.1) is 6.92 Å². The summed E-state index contributed by atoms with van der Waals surface area (Å²) in [6.07, 6.45) is 0. The van der Waals surface area contributed by atoms with E-state index in [4.69, 9.17) is 5.73 Å². The predicted octanol–water partition coefficient (Wildman–Crippen LogP) is 5.78. The summed E-state index contributed by atoms with van der Waals surface area (Å²) in [4.78, 5) is 0. The van der Waals surface area contributed by atoms with Gasteiger partial charge in [-0.05, 0) is 72.3 Å². The summed E-state index contributed by atoms with van der Waals surface area (Å²) in [5.74, 6) is 0. The predicted molar refractivity (Wildman–Crippen MR) is 94.4 cm³/mol. The first-order chi connectivity index (χ1) is 9.58. The van der Waals surface area contributed by atoms with Crippen molar-refractivity contribution in [2.75, 3.05) is 0 Å². The van der Waals surface area contributed by atoms with Gasteiger partial charge in [0.2, 0.25) is 0 Å². The standard InChI is InChI=1S/C16H13Br2NS/c1-9-6-7-10-4-2-3-5-11(10)14(9)15(19)12-8-13(17)20-16(12)18/h2-8,15H,19H2,1H3. The summed E-state index contributed by atoms with van der Waals surface area (Å²) in [7, 11) is 0. The first kappa shape index (κ1) is 14.3. The van der Waals surface area contributed by atoms with Crippen molar-refractivity contribution in [3.05, 3.63) is 66.7 Å². The maximum atomic E-state index is 6.55. The van der Waals surface area contributed by atoms with Crippen molar-refractivity contribution in [1.82, 2.24) is 0 Å². The summed E-state index contributed by atoms with van der Waals surface area (Å²) in [5, 5.41) is 2.46. The van der Waals surface area contributed by atoms with Crippen LogP contribution in [0.2, 0.25) is 0 Å². The van der Waals surface area contributed by atoms with Gasteiger partial charge in [-0.3, -0.25) is 0 Å². The second-order valence-corrected chi connectivity index (χ2v) is 8.52. The van der Waals surface area contributed by atoms with Crippen molar-refractivity contribution in [1.29, 1.82) is 0 Å². The molecule has 0 aliphatic rings. The molecule has 0 aliphatic carbocycles. The molecule has 1 aromatic heterocycles. The van der Waals surface area contributed by atoms with Crippen LogP contribution in [0.1, 0.15) is 22.7 Å². The smallest absolute Gasteiger partial charge is 0.0761 e. The molecule has 0 amide bonds. The molecular weight excluding hydrogens is 398 g/mol. The number of rotatable bonds is 2. The van der Waals surface area contributed by atoms with Crippen LogP contribution in [0.25, 0.3) is 10.8 Å². The molecule has 0 fully saturated rings. The van der Waals surface area contributed by atoms with Crippen molar-refractivity contribution >= 4 is 54.0 Å². The Balaban J connectivity index is 2.23. The molecule has 2 N–H and O–H groups in total. The Morgan fingerprint density at radius 3 is 2.55 bits per heavy atom. The van der Waals surface area contributed by atoms with Crippen molar-refractivity contribution < 1.29 is 0 Å². The van der Waals surface area contributed by atoms with Crippen LogP contribution in [0.3, 0.4) is 0 Å². The monoisotopic (exact) mass is 409 g/mol. The van der Waals surface area contributed by atoms with Gasteiger partial charge in [0.25, 0.3) is 0 Å². The highest BCUT2D eigenvalue weighted by atomic mass is 79.9. The fraction of sp³-hybridized carbons (Fsp3) is 0.125. The molecule has 1 nitrogen and oxygen atoms in total. The van der Waals surface area contributed by atoms with E-state index in [0.717, 1.165) is 13.1 Å². The van der Waals surface area contributed by atoms with Gasteiger partial charge in [0.15, 0.2) is 0 Å². The summed E-state index contributed by atoms with van der Waals surface area (Å²) in [6.45, 7) is 2.12. The van der Waals surface area contributed by atoms with E-state index in [2.05, 4.69) is 81.2 Å². The normalized spacial score (nSPS) is 12.8. The zero-order valence-corrected chi connectivity index (χ0v) is 14.8. The molecule has 1 heterocycles. The van der Waals surface area contributed by atoms with Crippen molar-refractivity contribution in [3.8, 4) is 0 Å². The van der Waals surface area contributed by atoms with E-state index in [-0.39, 0.29) is 6.04 Å². The lowest BCUT2D eigenvalue weighted by Gasteiger charge is -2.17. The van der Waals surface area contributed by atoms with E-state index in [1.54, 1.807) is 11.3 Å². The topological polar surface area (TPSA) is 26.0 Å². The highest BCUT2D eigenvalue weighted by molar-refractivity contribution is 9.12. The average molecular weight is 411 g/mol. The van der Waals surface area contributed by atoms with Gasteiger partial charge in [0, 0.05) is 0 Å². The SMILES string of the molecule is Cc1ccc2ccccc2c1C(N)c1cc(Br)sc1Br. The van der Waals surface area contributed by atoms with E-state index in [1.165, 1.54) is 21.9 Å². The lowest BCUT2D eigenvalue weighted by molar-refractivity contribution is 0.872. The van der Waals surface area contributed by atoms with Gasteiger partial charge < -0.3 is 5.73 Å². The van der Waals surface area contributed by atoms with Crippen LogP contribution in [-0.2, 0) is 0 Å². The fourth-order valence-corrected chi connectivity index (χ4v) is 5.47. The molecular formula is C16H13Br2NS. The van der Waals surface area contributed by atoms with Crippen LogP contribution in [0.15, 0.2) is 50.0 Å². The van der Waals surface area contributed by atoms with Gasteiger partial charge in [-0.25, -0.2) is 0 Å². The Bertz CT molecular complexity index is 779. The molecule has 0 saturated heterocycles. The van der Waals surface area contributed by atoms with Gasteiger partial charge in [0.1, 0.15) is 0 Å². The lowest BCUT2D eigenvalue weighted by Crippen LogP contribution is -2.13. The Labute approximate surface area is 139 Å². The largest absolute Gasteiger partial charge is 0.320 e. The van der Waals surface area contributed by atoms with Crippen molar-refractivity contribution in [2.45, 2.75) is 13.0 Å². The minimum Gasteiger partial charge on any atom is -0.320 e. The molecule has 0 bridgehead atoms. The minimum atomic E-state index is -0.127. The number of hydrogen-bond acceptors (Lipinski definition) is 2. The van der Waals surface area contributed by atoms with Gasteiger partial charge in [-0.2, -0.15) is 0 Å². The van der Waals surface area contributed by atoms with E-state index in [0.29, 0.717) is 0 Å². The molecule has 3 aromatic rings. The van der Waals surface area contributed by atoms with Gasteiger partial charge in [-0.15, -0.1) is 11.3 Å². The highest BCUT2D eigenvalue weighted by Crippen LogP contribution is 2.39. The third-order valence-corrected chi connectivity index (χ3v) is 5.90. The van der Waals surface area contributed by atoms with Crippen LogP contribution in [0.4, 0.5) is 0 Å². The Kier molecular flexibility index (Phi) is 4.00. The zero-order chi connectivity index (χ0) is 14.3. The molecule has 4 heteroatoms. The van der Waals surface area contributed by atoms with Crippen molar-refractivity contribution in [2.24, 2.45) is 5.73 Å². The van der Waals surface area contributed by atoms with Crippen LogP contribution in [0.5, 0.6) is 0 Å². The molecule has 3 rings (SSSR count). The molecule has 1 unspecified atom stereocenters. The van der Waals surface area contributed by atoms with E-state index in [1.807, 2.05) is 0 Å². The molecule has 2 aromatic carbocycles.